The summed E-state index contributed by atoms with van der Waals surface area (Å²) in [5.74, 6) is -0.547. The minimum absolute atomic E-state index is 0.0198. The van der Waals surface area contributed by atoms with Crippen molar-refractivity contribution < 1.29 is 18.0 Å². The van der Waals surface area contributed by atoms with Crippen LogP contribution in [0.5, 0.6) is 0 Å². The molecule has 2 amide bonds. The number of sulfonamides is 1. The lowest BCUT2D eigenvalue weighted by Gasteiger charge is -2.33. The number of rotatable bonds is 13. The average Bonchev–Trinajstić information content (AvgIpc) is 2.95. The van der Waals surface area contributed by atoms with Gasteiger partial charge in [-0.3, -0.25) is 13.9 Å². The quantitative estimate of drug-likeness (QED) is 0.267. The Morgan fingerprint density at radius 2 is 1.52 bits per heavy atom. The van der Waals surface area contributed by atoms with Gasteiger partial charge in [-0.05, 0) is 54.7 Å². The van der Waals surface area contributed by atoms with E-state index in [0.717, 1.165) is 9.87 Å². The molecule has 0 unspecified atom stereocenters. The number of halogens is 2. The summed E-state index contributed by atoms with van der Waals surface area (Å²) in [4.78, 5) is 28.7. The molecule has 3 aromatic carbocycles. The second-order valence-electron chi connectivity index (χ2n) is 9.81. The maximum absolute atomic E-state index is 14.0. The fraction of sp³-hybridized carbons (Fsp3) is 0.333. The number of hydrogen-bond acceptors (Lipinski definition) is 4. The van der Waals surface area contributed by atoms with Crippen LogP contribution < -0.4 is 9.62 Å². The van der Waals surface area contributed by atoms with Gasteiger partial charge in [-0.2, -0.15) is 0 Å². The summed E-state index contributed by atoms with van der Waals surface area (Å²) in [6.07, 6.45) is 0.863. The van der Waals surface area contributed by atoms with Gasteiger partial charge in [-0.1, -0.05) is 92.5 Å². The van der Waals surface area contributed by atoms with Crippen LogP contribution in [0.15, 0.2) is 83.8 Å². The summed E-state index contributed by atoms with van der Waals surface area (Å²) < 4.78 is 28.6. The number of benzene rings is 3. The molecule has 3 aromatic rings. The van der Waals surface area contributed by atoms with Crippen LogP contribution in [-0.4, -0.2) is 50.8 Å². The van der Waals surface area contributed by atoms with Gasteiger partial charge in [0.25, 0.3) is 10.0 Å². The monoisotopic (exact) mass is 603 g/mol. The highest BCUT2D eigenvalue weighted by Crippen LogP contribution is 2.30. The fourth-order valence-corrected chi connectivity index (χ4v) is 5.93. The molecule has 1 N–H and O–H groups in total. The van der Waals surface area contributed by atoms with Crippen LogP contribution in [0.1, 0.15) is 32.8 Å². The smallest absolute Gasteiger partial charge is 0.264 e. The minimum Gasteiger partial charge on any atom is -0.354 e. The zero-order valence-corrected chi connectivity index (χ0v) is 25.2. The number of nitrogens with zero attached hydrogens (tertiary/aromatic N) is 2. The van der Waals surface area contributed by atoms with E-state index in [1.807, 2.05) is 51.1 Å². The first-order chi connectivity index (χ1) is 19.0. The van der Waals surface area contributed by atoms with Crippen LogP contribution in [-0.2, 0) is 26.0 Å². The first-order valence-corrected chi connectivity index (χ1v) is 15.4. The van der Waals surface area contributed by atoms with Crippen molar-refractivity contribution in [2.75, 3.05) is 23.9 Å². The SMILES string of the molecule is CC[C@H](C(=O)NCC(C)C)N(CCc1ccccc1)C(=O)CN(c1ccc(Cl)c(Cl)c1)S(=O)(=O)c1ccccc1. The van der Waals surface area contributed by atoms with Gasteiger partial charge < -0.3 is 10.2 Å². The molecule has 0 aliphatic carbocycles. The first kappa shape index (κ1) is 31.5. The highest BCUT2D eigenvalue weighted by atomic mass is 35.5. The normalized spacial score (nSPS) is 12.2. The number of anilines is 1. The van der Waals surface area contributed by atoms with Crippen LogP contribution in [0, 0.1) is 5.92 Å². The summed E-state index contributed by atoms with van der Waals surface area (Å²) in [5.41, 5.74) is 1.18. The van der Waals surface area contributed by atoms with E-state index in [1.54, 1.807) is 18.2 Å². The molecule has 3 rings (SSSR count). The van der Waals surface area contributed by atoms with Crippen LogP contribution >= 0.6 is 23.2 Å². The van der Waals surface area contributed by atoms with Gasteiger partial charge in [-0.25, -0.2) is 8.42 Å². The Labute approximate surface area is 247 Å². The summed E-state index contributed by atoms with van der Waals surface area (Å²) in [6, 6.07) is 21.1. The molecule has 0 aromatic heterocycles. The van der Waals surface area contributed by atoms with Crippen molar-refractivity contribution in [3.05, 3.63) is 94.5 Å². The predicted molar refractivity (Wildman–Crippen MR) is 161 cm³/mol. The molecule has 0 aliphatic rings. The van der Waals surface area contributed by atoms with Crippen LogP contribution in [0.25, 0.3) is 0 Å². The Balaban J connectivity index is 2.00. The van der Waals surface area contributed by atoms with E-state index in [9.17, 15) is 18.0 Å². The molecule has 0 saturated heterocycles. The highest BCUT2D eigenvalue weighted by Gasteiger charge is 2.33. The summed E-state index contributed by atoms with van der Waals surface area (Å²) in [6.45, 7) is 5.98. The molecule has 0 saturated carbocycles. The maximum atomic E-state index is 14.0. The topological polar surface area (TPSA) is 86.8 Å². The number of carbonyl (C=O) groups is 2. The van der Waals surface area contributed by atoms with Gasteiger partial charge >= 0.3 is 0 Å². The lowest BCUT2D eigenvalue weighted by Crippen LogP contribution is -2.53. The standard InChI is InChI=1S/C30H35Cl2N3O4S/c1-4-28(30(37)33-20-22(2)3)34(18-17-23-11-7-5-8-12-23)29(36)21-35(24-15-16-26(31)27(32)19-24)40(38,39)25-13-9-6-10-14-25/h5-16,19,22,28H,4,17-18,20-21H2,1-3H3,(H,33,37)/t28-/m1/s1. The van der Waals surface area contributed by atoms with E-state index in [-0.39, 0.29) is 39.0 Å². The molecule has 214 valence electrons. The molecule has 0 heterocycles. The summed E-state index contributed by atoms with van der Waals surface area (Å²) in [7, 11) is -4.17. The second-order valence-corrected chi connectivity index (χ2v) is 12.5. The van der Waals surface area contributed by atoms with E-state index < -0.39 is 28.5 Å². The first-order valence-electron chi connectivity index (χ1n) is 13.2. The Morgan fingerprint density at radius 1 is 0.900 bits per heavy atom. The number of amides is 2. The van der Waals surface area contributed by atoms with Crippen molar-refractivity contribution in [3.63, 3.8) is 0 Å². The van der Waals surface area contributed by atoms with E-state index in [4.69, 9.17) is 23.2 Å². The van der Waals surface area contributed by atoms with Crippen molar-refractivity contribution in [1.82, 2.24) is 10.2 Å². The van der Waals surface area contributed by atoms with Crippen LogP contribution in [0.3, 0.4) is 0 Å². The molecule has 7 nitrogen and oxygen atoms in total. The number of carbonyl (C=O) groups excluding carboxylic acids is 2. The Kier molecular flexibility index (Phi) is 11.4. The molecule has 0 aliphatic heterocycles. The predicted octanol–water partition coefficient (Wildman–Crippen LogP) is 5.81. The summed E-state index contributed by atoms with van der Waals surface area (Å²) >= 11 is 12.3. The maximum Gasteiger partial charge on any atom is 0.264 e. The lowest BCUT2D eigenvalue weighted by molar-refractivity contribution is -0.139. The van der Waals surface area contributed by atoms with Crippen molar-refractivity contribution in [1.29, 1.82) is 0 Å². The molecular weight excluding hydrogens is 569 g/mol. The van der Waals surface area contributed by atoms with Crippen molar-refractivity contribution in [3.8, 4) is 0 Å². The van der Waals surface area contributed by atoms with Gasteiger partial charge in [0.15, 0.2) is 0 Å². The molecule has 40 heavy (non-hydrogen) atoms. The molecule has 10 heteroatoms. The molecule has 0 spiro atoms. The van der Waals surface area contributed by atoms with E-state index in [1.165, 1.54) is 35.2 Å². The van der Waals surface area contributed by atoms with Gasteiger partial charge in [0, 0.05) is 13.1 Å². The largest absolute Gasteiger partial charge is 0.354 e. The highest BCUT2D eigenvalue weighted by molar-refractivity contribution is 7.92. The fourth-order valence-electron chi connectivity index (χ4n) is 4.21. The zero-order chi connectivity index (χ0) is 29.3. The van der Waals surface area contributed by atoms with Crippen LogP contribution in [0.2, 0.25) is 10.0 Å². The van der Waals surface area contributed by atoms with Crippen molar-refractivity contribution >= 4 is 50.7 Å². The molecular formula is C30H35Cl2N3O4S. The molecule has 0 bridgehead atoms. The molecule has 1 atom stereocenters. The Morgan fingerprint density at radius 3 is 2.10 bits per heavy atom. The van der Waals surface area contributed by atoms with E-state index in [2.05, 4.69) is 5.32 Å². The van der Waals surface area contributed by atoms with Crippen LogP contribution in [0.4, 0.5) is 5.69 Å². The van der Waals surface area contributed by atoms with Gasteiger partial charge in [0.05, 0.1) is 20.6 Å². The molecule has 0 radical (unpaired) electrons. The van der Waals surface area contributed by atoms with Gasteiger partial charge in [0.2, 0.25) is 11.8 Å². The van der Waals surface area contributed by atoms with E-state index in [0.29, 0.717) is 19.4 Å². The summed E-state index contributed by atoms with van der Waals surface area (Å²) in [5, 5.41) is 3.33. The lowest BCUT2D eigenvalue weighted by atomic mass is 10.1. The average molecular weight is 605 g/mol. The number of hydrogen-bond donors (Lipinski definition) is 1. The third-order valence-electron chi connectivity index (χ3n) is 6.36. The van der Waals surface area contributed by atoms with Gasteiger partial charge in [-0.15, -0.1) is 0 Å². The van der Waals surface area contributed by atoms with Crippen molar-refractivity contribution in [2.45, 2.75) is 44.6 Å². The molecule has 0 fully saturated rings. The second kappa shape index (κ2) is 14.5. The number of nitrogens with one attached hydrogen (secondary N) is 1. The third kappa shape index (κ3) is 8.22. The third-order valence-corrected chi connectivity index (χ3v) is 8.88. The zero-order valence-electron chi connectivity index (χ0n) is 22.9. The minimum atomic E-state index is -4.17. The van der Waals surface area contributed by atoms with Crippen molar-refractivity contribution in [2.24, 2.45) is 5.92 Å². The van der Waals surface area contributed by atoms with E-state index >= 15 is 0 Å². The van der Waals surface area contributed by atoms with Gasteiger partial charge in [0.1, 0.15) is 12.6 Å². The Hall–Kier alpha value is -3.07. The Bertz CT molecular complexity index is 1390.